The summed E-state index contributed by atoms with van der Waals surface area (Å²) in [5, 5.41) is 2.21. The molecule has 6 heteroatoms. The number of para-hydroxylation sites is 2. The topological polar surface area (TPSA) is 58.1 Å². The molecule has 42 heavy (non-hydrogen) atoms. The summed E-state index contributed by atoms with van der Waals surface area (Å²) < 4.78 is 26.3. The van der Waals surface area contributed by atoms with Crippen LogP contribution in [0.25, 0.3) is 27.4 Å². The largest absolute Gasteiger partial charge is 0.355 e. The van der Waals surface area contributed by atoms with Crippen molar-refractivity contribution < 1.29 is 8.42 Å². The van der Waals surface area contributed by atoms with Gasteiger partial charge in [-0.25, -0.2) is 12.4 Å². The van der Waals surface area contributed by atoms with Gasteiger partial charge in [0, 0.05) is 28.3 Å². The summed E-state index contributed by atoms with van der Waals surface area (Å²) in [7, 11) is 0.901. The second kappa shape index (κ2) is 11.5. The van der Waals surface area contributed by atoms with E-state index in [1.807, 2.05) is 18.2 Å². The molecule has 1 aliphatic carbocycles. The molecule has 6 aromatic rings. The van der Waals surface area contributed by atoms with E-state index < -0.39 is 10.0 Å². The predicted octanol–water partition coefficient (Wildman–Crippen LogP) is 8.07. The van der Waals surface area contributed by atoms with Crippen molar-refractivity contribution >= 4 is 37.4 Å². The fraction of sp³-hybridized carbons (Fsp3) is 0.167. The third kappa shape index (κ3) is 5.20. The molecular weight excluding hydrogens is 538 g/mol. The number of H-pyrrole nitrogens is 1. The smallest absolute Gasteiger partial charge is 0.268 e. The van der Waals surface area contributed by atoms with Gasteiger partial charge in [0.05, 0.1) is 10.4 Å². The van der Waals surface area contributed by atoms with Crippen LogP contribution in [0.5, 0.6) is 0 Å². The number of hydrogen-bond donors (Lipinski definition) is 1. The Morgan fingerprint density at radius 3 is 2.07 bits per heavy atom. The number of aromatic amines is 1. The number of aromatic nitrogens is 2. The second-order valence-corrected chi connectivity index (χ2v) is 12.8. The van der Waals surface area contributed by atoms with Crippen LogP contribution in [-0.4, -0.2) is 36.4 Å². The molecule has 2 aromatic heterocycles. The third-order valence-electron chi connectivity index (χ3n) is 8.40. The second-order valence-electron chi connectivity index (χ2n) is 11.0. The standard InChI is InChI=1S/C22H24N2.C14H11NO2S/c1-24(2)22(19-9-4-3-5-10-19)14-12-17(13-15-22)21-16-18-8-6-7-11-20(18)23-21;16-18(17,13-7-2-1-3-8-13)15-11-10-12-6-4-5-9-14(12)15/h3-12,16,23H,13-15H2,1-2H3;1-11H. The normalized spacial score (nSPS) is 17.2. The van der Waals surface area contributed by atoms with E-state index in [9.17, 15) is 8.42 Å². The van der Waals surface area contributed by atoms with Gasteiger partial charge in [0.15, 0.2) is 0 Å². The van der Waals surface area contributed by atoms with Crippen LogP contribution in [-0.2, 0) is 15.6 Å². The molecule has 0 saturated carbocycles. The van der Waals surface area contributed by atoms with Gasteiger partial charge >= 0.3 is 0 Å². The molecule has 1 atom stereocenters. The highest BCUT2D eigenvalue weighted by molar-refractivity contribution is 7.90. The van der Waals surface area contributed by atoms with E-state index in [-0.39, 0.29) is 5.54 Å². The molecule has 212 valence electrons. The molecule has 1 unspecified atom stereocenters. The van der Waals surface area contributed by atoms with Crippen LogP contribution in [0.2, 0.25) is 0 Å². The van der Waals surface area contributed by atoms with Crippen LogP contribution in [0.1, 0.15) is 30.5 Å². The molecule has 0 radical (unpaired) electrons. The SMILES string of the molecule is CN(C)C1(c2ccccc2)CC=C(c2cc3ccccc3[nH]2)CC1.O=S(=O)(c1ccccc1)n1ccc2ccccc21. The fourth-order valence-electron chi connectivity index (χ4n) is 5.98. The van der Waals surface area contributed by atoms with E-state index >= 15 is 0 Å². The van der Waals surface area contributed by atoms with Crippen molar-refractivity contribution in [3.05, 3.63) is 145 Å². The van der Waals surface area contributed by atoms with E-state index in [0.29, 0.717) is 10.4 Å². The first-order valence-corrected chi connectivity index (χ1v) is 15.7. The van der Waals surface area contributed by atoms with Crippen molar-refractivity contribution in [3.63, 3.8) is 0 Å². The number of allylic oxidation sites excluding steroid dienone is 1. The zero-order chi connectivity index (χ0) is 29.2. The lowest BCUT2D eigenvalue weighted by Gasteiger charge is -2.42. The molecule has 7 rings (SSSR count). The van der Waals surface area contributed by atoms with Gasteiger partial charge in [0.1, 0.15) is 0 Å². The highest BCUT2D eigenvalue weighted by Gasteiger charge is 2.36. The average Bonchev–Trinajstić information content (AvgIpc) is 3.67. The van der Waals surface area contributed by atoms with E-state index in [1.54, 1.807) is 48.7 Å². The maximum atomic E-state index is 12.5. The Kier molecular flexibility index (Phi) is 7.58. The number of fused-ring (bicyclic) bond motifs is 2. The number of hydrogen-bond acceptors (Lipinski definition) is 3. The minimum absolute atomic E-state index is 0.108. The van der Waals surface area contributed by atoms with Crippen LogP contribution < -0.4 is 0 Å². The average molecular weight is 574 g/mol. The van der Waals surface area contributed by atoms with Crippen molar-refractivity contribution in [1.29, 1.82) is 0 Å². The van der Waals surface area contributed by atoms with Gasteiger partial charge in [0.2, 0.25) is 0 Å². The van der Waals surface area contributed by atoms with Crippen LogP contribution >= 0.6 is 0 Å². The Hall–Kier alpha value is -4.39. The lowest BCUT2D eigenvalue weighted by Crippen LogP contribution is -2.42. The Balaban J connectivity index is 0.000000157. The molecule has 2 heterocycles. The van der Waals surface area contributed by atoms with Gasteiger partial charge in [-0.2, -0.15) is 0 Å². The van der Waals surface area contributed by atoms with Gasteiger partial charge in [-0.15, -0.1) is 0 Å². The lowest BCUT2D eigenvalue weighted by molar-refractivity contribution is 0.138. The van der Waals surface area contributed by atoms with Crippen molar-refractivity contribution in [2.45, 2.75) is 29.7 Å². The van der Waals surface area contributed by atoms with E-state index in [0.717, 1.165) is 24.6 Å². The zero-order valence-corrected chi connectivity index (χ0v) is 24.8. The fourth-order valence-corrected chi connectivity index (χ4v) is 7.35. The van der Waals surface area contributed by atoms with Gasteiger partial charge < -0.3 is 4.98 Å². The van der Waals surface area contributed by atoms with Crippen LogP contribution in [0.15, 0.2) is 138 Å². The van der Waals surface area contributed by atoms with Crippen LogP contribution in [0.3, 0.4) is 0 Å². The van der Waals surface area contributed by atoms with Crippen LogP contribution in [0, 0.1) is 0 Å². The van der Waals surface area contributed by atoms with Gasteiger partial charge in [-0.3, -0.25) is 4.90 Å². The quantitative estimate of drug-likeness (QED) is 0.227. The molecule has 0 saturated heterocycles. The zero-order valence-electron chi connectivity index (χ0n) is 23.9. The summed E-state index contributed by atoms with van der Waals surface area (Å²) in [6, 6.07) is 39.4. The maximum Gasteiger partial charge on any atom is 0.268 e. The minimum Gasteiger partial charge on any atom is -0.355 e. The number of benzene rings is 4. The summed E-state index contributed by atoms with van der Waals surface area (Å²) in [6.45, 7) is 0. The van der Waals surface area contributed by atoms with Crippen molar-refractivity contribution in [2.24, 2.45) is 0 Å². The molecule has 0 fully saturated rings. The van der Waals surface area contributed by atoms with Crippen molar-refractivity contribution in [2.75, 3.05) is 14.1 Å². The third-order valence-corrected chi connectivity index (χ3v) is 10.1. The Morgan fingerprint density at radius 1 is 0.762 bits per heavy atom. The number of nitrogens with one attached hydrogen (secondary N) is 1. The molecule has 1 aliphatic rings. The van der Waals surface area contributed by atoms with Gasteiger partial charge in [0.25, 0.3) is 10.0 Å². The molecule has 5 nitrogen and oxygen atoms in total. The predicted molar refractivity (Wildman–Crippen MR) is 173 cm³/mol. The summed E-state index contributed by atoms with van der Waals surface area (Å²) in [5.41, 5.74) is 6.16. The number of nitrogens with zero attached hydrogens (tertiary/aromatic N) is 2. The molecule has 4 aromatic carbocycles. The summed E-state index contributed by atoms with van der Waals surface area (Å²) in [4.78, 5) is 6.27. The first kappa shape index (κ1) is 27.8. The summed E-state index contributed by atoms with van der Waals surface area (Å²) in [5.74, 6) is 0. The highest BCUT2D eigenvalue weighted by atomic mass is 32.2. The minimum atomic E-state index is -3.51. The first-order valence-electron chi connectivity index (χ1n) is 14.3. The molecule has 0 aliphatic heterocycles. The monoisotopic (exact) mass is 573 g/mol. The molecule has 0 spiro atoms. The highest BCUT2D eigenvalue weighted by Crippen LogP contribution is 2.42. The van der Waals surface area contributed by atoms with E-state index in [2.05, 4.69) is 90.7 Å². The Morgan fingerprint density at radius 2 is 1.40 bits per heavy atom. The molecule has 0 bridgehead atoms. The van der Waals surface area contributed by atoms with Crippen LogP contribution in [0.4, 0.5) is 0 Å². The van der Waals surface area contributed by atoms with E-state index in [1.165, 1.54) is 31.7 Å². The van der Waals surface area contributed by atoms with Gasteiger partial charge in [-0.05, 0) is 86.3 Å². The van der Waals surface area contributed by atoms with Crippen molar-refractivity contribution in [1.82, 2.24) is 13.9 Å². The Bertz CT molecular complexity index is 1920. The van der Waals surface area contributed by atoms with E-state index in [4.69, 9.17) is 0 Å². The molecule has 0 amide bonds. The summed E-state index contributed by atoms with van der Waals surface area (Å²) >= 11 is 0. The first-order chi connectivity index (χ1) is 20.4. The molecule has 1 N–H and O–H groups in total. The lowest BCUT2D eigenvalue weighted by atomic mass is 9.76. The van der Waals surface area contributed by atoms with Crippen molar-refractivity contribution in [3.8, 4) is 0 Å². The Labute approximate surface area is 247 Å². The maximum absolute atomic E-state index is 12.5. The molecular formula is C36H35N3O2S. The number of rotatable bonds is 5. The van der Waals surface area contributed by atoms with Gasteiger partial charge in [-0.1, -0.05) is 91.0 Å². The summed E-state index contributed by atoms with van der Waals surface area (Å²) in [6.07, 6.45) is 7.31.